The lowest BCUT2D eigenvalue weighted by molar-refractivity contribution is -0.138. The molecule has 1 aliphatic rings. The number of aliphatic imine (C=N–C) groups is 1. The molecule has 1 unspecified atom stereocenters. The Hall–Kier alpha value is -3.39. The van der Waals surface area contributed by atoms with E-state index in [4.69, 9.17) is 23.2 Å². The molecular weight excluding hydrogens is 557 g/mol. The average Bonchev–Trinajstić information content (AvgIpc) is 3.53. The van der Waals surface area contributed by atoms with Crippen LogP contribution in [-0.2, 0) is 21.4 Å². The lowest BCUT2D eigenvalue weighted by atomic mass is 10.1. The van der Waals surface area contributed by atoms with E-state index in [1.165, 1.54) is 18.2 Å². The molecule has 5 N–H and O–H groups in total. The van der Waals surface area contributed by atoms with E-state index in [1.54, 1.807) is 23.0 Å². The van der Waals surface area contributed by atoms with Gasteiger partial charge in [0.2, 0.25) is 10.0 Å². The van der Waals surface area contributed by atoms with Gasteiger partial charge in [0, 0.05) is 31.6 Å². The first-order valence-electron chi connectivity index (χ1n) is 11.6. The quantitative estimate of drug-likeness (QED) is 0.212. The number of aromatic nitrogens is 2. The summed E-state index contributed by atoms with van der Waals surface area (Å²) in [5, 5.41) is 23.0. The van der Waals surface area contributed by atoms with Gasteiger partial charge in [0.1, 0.15) is 10.9 Å². The fourth-order valence-electron chi connectivity index (χ4n) is 3.89. The summed E-state index contributed by atoms with van der Waals surface area (Å²) in [6, 6.07) is 7.53. The van der Waals surface area contributed by atoms with Crippen molar-refractivity contribution in [2.45, 2.75) is 23.9 Å². The van der Waals surface area contributed by atoms with E-state index in [2.05, 4.69) is 26.0 Å². The van der Waals surface area contributed by atoms with E-state index < -0.39 is 39.4 Å². The van der Waals surface area contributed by atoms with Crippen LogP contribution < -0.4 is 20.7 Å². The Balaban J connectivity index is 1.41. The van der Waals surface area contributed by atoms with E-state index in [1.807, 2.05) is 10.8 Å². The number of carboxylic acids is 1. The van der Waals surface area contributed by atoms with Crippen LogP contribution in [0.15, 0.2) is 52.5 Å². The SMILES string of the molecule is O=C(NCC(NS(=O)(=O)c1c(Cl)cccc1Cl)C(=O)O)c1cccc2c1cnn2CCCNC1=NCCN1. The molecule has 15 heteroatoms. The summed E-state index contributed by atoms with van der Waals surface area (Å²) in [4.78, 5) is 28.6. The van der Waals surface area contributed by atoms with Gasteiger partial charge in [0.05, 0.1) is 33.9 Å². The van der Waals surface area contributed by atoms with Gasteiger partial charge in [-0.05, 0) is 30.7 Å². The topological polar surface area (TPSA) is 167 Å². The zero-order valence-electron chi connectivity index (χ0n) is 19.9. The van der Waals surface area contributed by atoms with Crippen LogP contribution in [0.25, 0.3) is 10.9 Å². The number of hydrogen-bond acceptors (Lipinski definition) is 8. The smallest absolute Gasteiger partial charge is 0.323 e. The molecule has 0 spiro atoms. The summed E-state index contributed by atoms with van der Waals surface area (Å²) >= 11 is 11.9. The van der Waals surface area contributed by atoms with Gasteiger partial charge in [-0.1, -0.05) is 35.3 Å². The molecule has 1 amide bonds. The average molecular weight is 582 g/mol. The number of nitrogens with zero attached hydrogens (tertiary/aromatic N) is 3. The first-order valence-corrected chi connectivity index (χ1v) is 13.9. The molecule has 12 nitrogen and oxygen atoms in total. The molecule has 4 rings (SSSR count). The third-order valence-corrected chi connectivity index (χ3v) is 8.12. The fourth-order valence-corrected chi connectivity index (χ4v) is 6.22. The number of carbonyl (C=O) groups excluding carboxylic acids is 1. The zero-order chi connectivity index (χ0) is 27.3. The van der Waals surface area contributed by atoms with Crippen LogP contribution in [0.3, 0.4) is 0 Å². The zero-order valence-corrected chi connectivity index (χ0v) is 22.3. The molecule has 0 fully saturated rings. The molecule has 1 aliphatic heterocycles. The normalized spacial score (nSPS) is 14.1. The molecule has 0 radical (unpaired) electrons. The Labute approximate surface area is 228 Å². The highest BCUT2D eigenvalue weighted by atomic mass is 35.5. The van der Waals surface area contributed by atoms with Crippen molar-refractivity contribution in [3.8, 4) is 0 Å². The lowest BCUT2D eigenvalue weighted by Crippen LogP contribution is -2.48. The van der Waals surface area contributed by atoms with Crippen molar-refractivity contribution in [2.24, 2.45) is 4.99 Å². The van der Waals surface area contributed by atoms with Crippen LogP contribution in [0, 0.1) is 0 Å². The summed E-state index contributed by atoms with van der Waals surface area (Å²) in [7, 11) is -4.40. The second-order valence-corrected chi connectivity index (χ2v) is 10.8. The maximum Gasteiger partial charge on any atom is 0.323 e. The standard InChI is InChI=1S/C23H25Cl2N7O5S/c24-16-5-2-6-17(25)20(16)38(36,37)31-18(22(34)35)13-29-21(33)14-4-1-7-19-15(14)12-30-32(19)11-3-8-26-23-27-9-10-28-23/h1-2,4-7,12,18,31H,3,8-11,13H2,(H,29,33)(H,34,35)(H2,26,27,28). The van der Waals surface area contributed by atoms with Gasteiger partial charge in [-0.3, -0.25) is 19.3 Å². The first kappa shape index (κ1) is 27.6. The van der Waals surface area contributed by atoms with Gasteiger partial charge in [-0.25, -0.2) is 8.42 Å². The van der Waals surface area contributed by atoms with Crippen LogP contribution >= 0.6 is 23.2 Å². The molecule has 0 saturated heterocycles. The Morgan fingerprint density at radius 2 is 1.89 bits per heavy atom. The number of fused-ring (bicyclic) bond motifs is 1. The second kappa shape index (κ2) is 12.0. The number of nitrogens with one attached hydrogen (secondary N) is 4. The number of carboxylic acid groups (broad SMARTS) is 1. The van der Waals surface area contributed by atoms with Gasteiger partial charge in [-0.15, -0.1) is 0 Å². The number of amides is 1. The minimum absolute atomic E-state index is 0.165. The van der Waals surface area contributed by atoms with Gasteiger partial charge in [0.15, 0.2) is 5.96 Å². The number of sulfonamides is 1. The number of benzene rings is 2. The van der Waals surface area contributed by atoms with E-state index in [9.17, 15) is 23.1 Å². The highest BCUT2D eigenvalue weighted by Gasteiger charge is 2.29. The molecular formula is C23H25Cl2N7O5S. The van der Waals surface area contributed by atoms with Gasteiger partial charge >= 0.3 is 5.97 Å². The van der Waals surface area contributed by atoms with Gasteiger partial charge in [-0.2, -0.15) is 9.82 Å². The van der Waals surface area contributed by atoms with Crippen molar-refractivity contribution in [2.75, 3.05) is 26.2 Å². The predicted octanol–water partition coefficient (Wildman–Crippen LogP) is 1.44. The Morgan fingerprint density at radius 3 is 2.58 bits per heavy atom. The largest absolute Gasteiger partial charge is 0.480 e. The number of halogens is 2. The maximum atomic E-state index is 13.0. The summed E-state index contributed by atoms with van der Waals surface area (Å²) < 4.78 is 29.4. The molecule has 2 aromatic carbocycles. The molecule has 202 valence electrons. The highest BCUT2D eigenvalue weighted by Crippen LogP contribution is 2.29. The summed E-state index contributed by atoms with van der Waals surface area (Å²) in [5.74, 6) is -1.29. The number of rotatable bonds is 11. The van der Waals surface area contributed by atoms with Crippen LogP contribution in [0.2, 0.25) is 10.0 Å². The number of carbonyl (C=O) groups is 2. The van der Waals surface area contributed by atoms with Crippen molar-refractivity contribution in [3.05, 3.63) is 58.2 Å². The Bertz CT molecular complexity index is 1470. The van der Waals surface area contributed by atoms with E-state index >= 15 is 0 Å². The number of aryl methyl sites for hydroxylation is 1. The lowest BCUT2D eigenvalue weighted by Gasteiger charge is -2.17. The van der Waals surface area contributed by atoms with Gasteiger partial charge in [0.25, 0.3) is 5.91 Å². The molecule has 1 aromatic heterocycles. The maximum absolute atomic E-state index is 13.0. The molecule has 0 bridgehead atoms. The van der Waals surface area contributed by atoms with Crippen molar-refractivity contribution in [3.63, 3.8) is 0 Å². The van der Waals surface area contributed by atoms with Crippen molar-refractivity contribution >= 4 is 62.0 Å². The number of aliphatic carboxylic acids is 1. The minimum Gasteiger partial charge on any atom is -0.480 e. The molecule has 3 aromatic rings. The van der Waals surface area contributed by atoms with Crippen LogP contribution in [0.1, 0.15) is 16.8 Å². The second-order valence-electron chi connectivity index (χ2n) is 8.32. The minimum atomic E-state index is -4.40. The summed E-state index contributed by atoms with van der Waals surface area (Å²) in [6.45, 7) is 2.35. The van der Waals surface area contributed by atoms with Crippen LogP contribution in [-0.4, -0.2) is 73.4 Å². The molecule has 0 saturated carbocycles. The summed E-state index contributed by atoms with van der Waals surface area (Å²) in [6.07, 6.45) is 2.33. The van der Waals surface area contributed by atoms with E-state index in [0.29, 0.717) is 18.5 Å². The fraction of sp³-hybridized carbons (Fsp3) is 0.304. The summed E-state index contributed by atoms with van der Waals surface area (Å²) in [5.41, 5.74) is 1.01. The molecule has 38 heavy (non-hydrogen) atoms. The van der Waals surface area contributed by atoms with E-state index in [0.717, 1.165) is 31.0 Å². The molecule has 1 atom stereocenters. The molecule has 0 aliphatic carbocycles. The Kier molecular flexibility index (Phi) is 8.72. The first-order chi connectivity index (χ1) is 18.2. The highest BCUT2D eigenvalue weighted by molar-refractivity contribution is 7.89. The van der Waals surface area contributed by atoms with Crippen LogP contribution in [0.4, 0.5) is 0 Å². The predicted molar refractivity (Wildman–Crippen MR) is 143 cm³/mol. The third-order valence-electron chi connectivity index (χ3n) is 5.70. The number of hydrogen-bond donors (Lipinski definition) is 5. The monoisotopic (exact) mass is 581 g/mol. The Morgan fingerprint density at radius 1 is 1.16 bits per heavy atom. The number of guanidine groups is 1. The third kappa shape index (κ3) is 6.35. The molecule has 2 heterocycles. The van der Waals surface area contributed by atoms with Crippen molar-refractivity contribution in [1.82, 2.24) is 30.5 Å². The van der Waals surface area contributed by atoms with Crippen molar-refractivity contribution in [1.29, 1.82) is 0 Å². The van der Waals surface area contributed by atoms with Crippen LogP contribution in [0.5, 0.6) is 0 Å². The van der Waals surface area contributed by atoms with Crippen molar-refractivity contribution < 1.29 is 23.1 Å². The van der Waals surface area contributed by atoms with E-state index in [-0.39, 0.29) is 15.6 Å². The van der Waals surface area contributed by atoms with Gasteiger partial charge < -0.3 is 21.1 Å².